The van der Waals surface area contributed by atoms with Crippen molar-refractivity contribution in [2.75, 3.05) is 0 Å². The van der Waals surface area contributed by atoms with Crippen molar-refractivity contribution in [2.45, 2.75) is 91.8 Å². The predicted octanol–water partition coefficient (Wildman–Crippen LogP) is 6.59. The summed E-state index contributed by atoms with van der Waals surface area (Å²) in [5.41, 5.74) is 7.49. The van der Waals surface area contributed by atoms with E-state index in [-0.39, 0.29) is 5.41 Å². The van der Waals surface area contributed by atoms with Crippen molar-refractivity contribution in [3.8, 4) is 11.5 Å². The lowest BCUT2D eigenvalue weighted by atomic mass is 9.85. The minimum Gasteiger partial charge on any atom is -0.130 e. The SMILES string of the molecule is C=C(CCC#C[Si](C(C)C)(C(C)C)C(C)C)C(C)(C)C. The maximum absolute atomic E-state index is 4.21. The van der Waals surface area contributed by atoms with Crippen LogP contribution in [0.3, 0.4) is 0 Å². The fourth-order valence-electron chi connectivity index (χ4n) is 3.24. The lowest BCUT2D eigenvalue weighted by Gasteiger charge is -2.38. The predicted molar refractivity (Wildman–Crippen MR) is 96.7 cm³/mol. The summed E-state index contributed by atoms with van der Waals surface area (Å²) in [6.07, 6.45) is 2.01. The van der Waals surface area contributed by atoms with E-state index in [1.54, 1.807) is 0 Å². The first-order valence-corrected chi connectivity index (χ1v) is 10.4. The molecule has 0 aromatic heterocycles. The Morgan fingerprint density at radius 1 is 0.950 bits per heavy atom. The molecule has 0 saturated heterocycles. The highest BCUT2D eigenvalue weighted by Crippen LogP contribution is 2.40. The van der Waals surface area contributed by atoms with Crippen LogP contribution in [0.5, 0.6) is 0 Å². The van der Waals surface area contributed by atoms with Gasteiger partial charge in [-0.05, 0) is 28.5 Å². The van der Waals surface area contributed by atoms with Gasteiger partial charge in [-0.15, -0.1) is 11.5 Å². The molecular formula is C19H36Si. The summed E-state index contributed by atoms with van der Waals surface area (Å²) in [7, 11) is -1.54. The molecule has 0 aromatic carbocycles. The lowest BCUT2D eigenvalue weighted by molar-refractivity contribution is 0.486. The molecule has 0 aliphatic rings. The summed E-state index contributed by atoms with van der Waals surface area (Å²) < 4.78 is 0. The van der Waals surface area contributed by atoms with Crippen molar-refractivity contribution < 1.29 is 0 Å². The Bertz CT molecular complexity index is 347. The largest absolute Gasteiger partial charge is 0.145 e. The zero-order valence-corrected chi connectivity index (χ0v) is 16.4. The van der Waals surface area contributed by atoms with Crippen molar-refractivity contribution in [3.05, 3.63) is 12.2 Å². The second-order valence-corrected chi connectivity index (χ2v) is 13.6. The number of hydrogen-bond acceptors (Lipinski definition) is 0. The zero-order valence-electron chi connectivity index (χ0n) is 15.4. The van der Waals surface area contributed by atoms with E-state index in [0.29, 0.717) is 0 Å². The minimum atomic E-state index is -1.54. The van der Waals surface area contributed by atoms with Gasteiger partial charge in [-0.2, -0.15) is 0 Å². The van der Waals surface area contributed by atoms with Crippen LogP contribution in [0.4, 0.5) is 0 Å². The van der Waals surface area contributed by atoms with Crippen molar-refractivity contribution in [3.63, 3.8) is 0 Å². The van der Waals surface area contributed by atoms with Gasteiger partial charge in [-0.3, -0.25) is 0 Å². The summed E-state index contributed by atoms with van der Waals surface area (Å²) in [5.74, 6) is 3.52. The Morgan fingerprint density at radius 3 is 1.65 bits per heavy atom. The second kappa shape index (κ2) is 7.50. The van der Waals surface area contributed by atoms with Crippen molar-refractivity contribution in [1.82, 2.24) is 0 Å². The Hall–Kier alpha value is -0.483. The molecular weight excluding hydrogens is 256 g/mol. The molecule has 1 heteroatoms. The summed E-state index contributed by atoms with van der Waals surface area (Å²) in [6.45, 7) is 25.1. The molecule has 0 saturated carbocycles. The molecule has 0 fully saturated rings. The smallest absolute Gasteiger partial charge is 0.130 e. The molecule has 0 radical (unpaired) electrons. The lowest BCUT2D eigenvalue weighted by Crippen LogP contribution is -2.43. The molecule has 20 heavy (non-hydrogen) atoms. The third-order valence-corrected chi connectivity index (χ3v) is 11.1. The average Bonchev–Trinajstić information content (AvgIpc) is 2.25. The standard InChI is InChI=1S/C19H36Si/c1-15(2)20(16(3)4,17(5)6)14-12-11-13-18(7)19(8,9)10/h15-17H,7,11,13H2,1-6,8-10H3. The topological polar surface area (TPSA) is 0 Å². The van der Waals surface area contributed by atoms with Gasteiger partial charge in [0.2, 0.25) is 0 Å². The third-order valence-electron chi connectivity index (χ3n) is 4.78. The number of rotatable bonds is 5. The summed E-state index contributed by atoms with van der Waals surface area (Å²) >= 11 is 0. The quantitative estimate of drug-likeness (QED) is 0.304. The van der Waals surface area contributed by atoms with E-state index < -0.39 is 8.07 Å². The molecule has 0 aliphatic heterocycles. The normalized spacial score (nSPS) is 12.8. The van der Waals surface area contributed by atoms with E-state index in [1.165, 1.54) is 5.57 Å². The van der Waals surface area contributed by atoms with Crippen LogP contribution in [-0.2, 0) is 0 Å². The molecule has 0 rings (SSSR count). The van der Waals surface area contributed by atoms with Gasteiger partial charge < -0.3 is 0 Å². The fourth-order valence-corrected chi connectivity index (χ4v) is 8.53. The van der Waals surface area contributed by atoms with Gasteiger partial charge in [-0.1, -0.05) is 74.5 Å². The molecule has 0 aliphatic carbocycles. The van der Waals surface area contributed by atoms with E-state index in [9.17, 15) is 0 Å². The number of hydrogen-bond donors (Lipinski definition) is 0. The van der Waals surface area contributed by atoms with Crippen LogP contribution in [0.1, 0.15) is 75.2 Å². The maximum atomic E-state index is 4.21. The van der Waals surface area contributed by atoms with E-state index in [1.807, 2.05) is 0 Å². The minimum absolute atomic E-state index is 0.213. The van der Waals surface area contributed by atoms with Crippen molar-refractivity contribution in [2.24, 2.45) is 5.41 Å². The summed E-state index contributed by atoms with van der Waals surface area (Å²) in [5, 5.41) is 0. The highest BCUT2D eigenvalue weighted by Gasteiger charge is 2.41. The van der Waals surface area contributed by atoms with Gasteiger partial charge in [-0.25, -0.2) is 0 Å². The van der Waals surface area contributed by atoms with Crippen LogP contribution in [-0.4, -0.2) is 8.07 Å². The van der Waals surface area contributed by atoms with E-state index >= 15 is 0 Å². The Kier molecular flexibility index (Phi) is 7.32. The van der Waals surface area contributed by atoms with Gasteiger partial charge in [0.05, 0.1) is 0 Å². The van der Waals surface area contributed by atoms with Gasteiger partial charge in [0, 0.05) is 6.42 Å². The van der Waals surface area contributed by atoms with Gasteiger partial charge in [0.1, 0.15) is 8.07 Å². The molecule has 0 unspecified atom stereocenters. The van der Waals surface area contributed by atoms with E-state index in [0.717, 1.165) is 29.5 Å². The van der Waals surface area contributed by atoms with Crippen LogP contribution in [0.2, 0.25) is 16.6 Å². The van der Waals surface area contributed by atoms with E-state index in [2.05, 4.69) is 80.4 Å². The first-order valence-electron chi connectivity index (χ1n) is 8.14. The highest BCUT2D eigenvalue weighted by molar-refractivity contribution is 6.90. The van der Waals surface area contributed by atoms with Crippen molar-refractivity contribution >= 4 is 8.07 Å². The monoisotopic (exact) mass is 292 g/mol. The molecule has 0 bridgehead atoms. The summed E-state index contributed by atoms with van der Waals surface area (Å²) in [6, 6.07) is 0. The van der Waals surface area contributed by atoms with Crippen LogP contribution in [0.15, 0.2) is 12.2 Å². The maximum Gasteiger partial charge on any atom is 0.145 e. The molecule has 0 spiro atoms. The number of allylic oxidation sites excluding steroid dienone is 1. The first-order chi connectivity index (χ1) is 8.96. The third kappa shape index (κ3) is 4.81. The van der Waals surface area contributed by atoms with Crippen LogP contribution >= 0.6 is 0 Å². The summed E-state index contributed by atoms with van der Waals surface area (Å²) in [4.78, 5) is 0. The Morgan fingerprint density at radius 2 is 1.35 bits per heavy atom. The highest BCUT2D eigenvalue weighted by atomic mass is 28.3. The average molecular weight is 293 g/mol. The molecule has 116 valence electrons. The van der Waals surface area contributed by atoms with Gasteiger partial charge >= 0.3 is 0 Å². The molecule has 0 aromatic rings. The molecule has 0 N–H and O–H groups in total. The molecule has 0 heterocycles. The van der Waals surface area contributed by atoms with E-state index in [4.69, 9.17) is 0 Å². The van der Waals surface area contributed by atoms with Crippen molar-refractivity contribution in [1.29, 1.82) is 0 Å². The van der Waals surface area contributed by atoms with Crippen LogP contribution < -0.4 is 0 Å². The van der Waals surface area contributed by atoms with Crippen LogP contribution in [0, 0.1) is 16.9 Å². The fraction of sp³-hybridized carbons (Fsp3) is 0.789. The van der Waals surface area contributed by atoms with Crippen LogP contribution in [0.25, 0.3) is 0 Å². The zero-order chi connectivity index (χ0) is 16.1. The molecule has 0 nitrogen and oxygen atoms in total. The Labute approximate surface area is 129 Å². The molecule has 0 atom stereocenters. The molecule has 0 amide bonds. The second-order valence-electron chi connectivity index (χ2n) is 8.05. The van der Waals surface area contributed by atoms with Gasteiger partial charge in [0.15, 0.2) is 0 Å². The van der Waals surface area contributed by atoms with Gasteiger partial charge in [0.25, 0.3) is 0 Å². The Balaban J connectivity index is 4.97. The first kappa shape index (κ1) is 19.5.